The Bertz CT molecular complexity index is 577. The summed E-state index contributed by atoms with van der Waals surface area (Å²) < 4.78 is 17.1. The highest BCUT2D eigenvalue weighted by atomic mass is 127. The molecule has 0 spiro atoms. The molecule has 1 aromatic carbocycles. The Balaban J connectivity index is 2.27. The van der Waals surface area contributed by atoms with E-state index in [2.05, 4.69) is 77.9 Å². The summed E-state index contributed by atoms with van der Waals surface area (Å²) >= 11 is 6.50. The molecular weight excluding hydrogens is 606 g/mol. The molecule has 2 rings (SSSR count). The summed E-state index contributed by atoms with van der Waals surface area (Å²) in [5.74, 6) is -0.301. The van der Waals surface area contributed by atoms with Gasteiger partial charge in [-0.25, -0.2) is 9.76 Å². The topological polar surface area (TPSA) is 61.2 Å². The van der Waals surface area contributed by atoms with Gasteiger partial charge in [0.2, 0.25) is 0 Å². The van der Waals surface area contributed by atoms with Crippen LogP contribution in [0, 0.1) is 10.7 Å². The molecule has 0 bridgehead atoms. The van der Waals surface area contributed by atoms with E-state index in [-0.39, 0.29) is 5.91 Å². The Morgan fingerprint density at radius 2 is 1.95 bits per heavy atom. The van der Waals surface area contributed by atoms with Crippen molar-refractivity contribution in [2.24, 2.45) is 0 Å². The Morgan fingerprint density at radius 3 is 2.47 bits per heavy atom. The smallest absolute Gasteiger partial charge is 0.279 e. The minimum atomic E-state index is -2.96. The van der Waals surface area contributed by atoms with E-state index in [1.165, 1.54) is 0 Å². The number of amides is 1. The molecule has 1 aromatic rings. The van der Waals surface area contributed by atoms with Gasteiger partial charge in [-0.05, 0) is 87.0 Å². The highest BCUT2D eigenvalue weighted by Crippen LogP contribution is 2.45. The number of nitrogens with one attached hydrogen (secondary N) is 2. The molecule has 1 aliphatic heterocycles. The maximum absolute atomic E-state index is 12.5. The molecule has 1 unspecified atom stereocenters. The lowest BCUT2D eigenvalue weighted by Crippen LogP contribution is -2.30. The maximum atomic E-state index is 12.5. The number of benzene rings is 1. The molecule has 0 saturated carbocycles. The standard InChI is InChI=1S/C10H11I3N3O2P/c1-14-19(18,16-2-3-16)15-10(17)7-4-6(11)5-8(12)9(7)13/h4-5H,2-3H2,1H3,(H2,14,15,17,18). The number of hydrogen-bond acceptors (Lipinski definition) is 2. The number of carbonyl (C=O) groups excluding carboxylic acids is 1. The first-order valence-electron chi connectivity index (χ1n) is 5.39. The second-order valence-electron chi connectivity index (χ2n) is 3.94. The van der Waals surface area contributed by atoms with E-state index < -0.39 is 7.59 Å². The third-order valence-corrected chi connectivity index (χ3v) is 8.59. The summed E-state index contributed by atoms with van der Waals surface area (Å²) in [4.78, 5) is 12.3. The van der Waals surface area contributed by atoms with Gasteiger partial charge in [-0.3, -0.25) is 14.4 Å². The summed E-state index contributed by atoms with van der Waals surface area (Å²) in [6, 6.07) is 3.81. The molecule has 1 atom stereocenters. The normalized spacial score (nSPS) is 17.9. The van der Waals surface area contributed by atoms with Crippen molar-refractivity contribution in [1.82, 2.24) is 14.8 Å². The van der Waals surface area contributed by atoms with E-state index in [1.807, 2.05) is 12.1 Å². The first-order chi connectivity index (χ1) is 8.87. The predicted molar refractivity (Wildman–Crippen MR) is 100 cm³/mol. The third kappa shape index (κ3) is 3.82. The van der Waals surface area contributed by atoms with Gasteiger partial charge in [0.1, 0.15) is 0 Å². The van der Waals surface area contributed by atoms with Gasteiger partial charge >= 0.3 is 7.59 Å². The average molecular weight is 617 g/mol. The van der Waals surface area contributed by atoms with E-state index in [9.17, 15) is 9.36 Å². The highest BCUT2D eigenvalue weighted by Gasteiger charge is 2.38. The van der Waals surface area contributed by atoms with Crippen LogP contribution in [0.4, 0.5) is 0 Å². The molecule has 5 nitrogen and oxygen atoms in total. The van der Waals surface area contributed by atoms with Crippen LogP contribution >= 0.6 is 75.4 Å². The van der Waals surface area contributed by atoms with E-state index in [0.717, 1.165) is 23.8 Å². The lowest BCUT2D eigenvalue weighted by molar-refractivity contribution is 0.0977. The predicted octanol–water partition coefficient (Wildman–Crippen LogP) is 2.87. The summed E-state index contributed by atoms with van der Waals surface area (Å²) in [5, 5.41) is 5.37. The van der Waals surface area contributed by atoms with Crippen molar-refractivity contribution in [3.05, 3.63) is 28.4 Å². The van der Waals surface area contributed by atoms with Gasteiger partial charge in [-0.1, -0.05) is 0 Å². The molecule has 0 radical (unpaired) electrons. The molecule has 1 aliphatic rings. The number of halogens is 3. The van der Waals surface area contributed by atoms with Crippen LogP contribution in [0.3, 0.4) is 0 Å². The van der Waals surface area contributed by atoms with Crippen LogP contribution in [0.1, 0.15) is 10.4 Å². The van der Waals surface area contributed by atoms with Gasteiger partial charge < -0.3 is 0 Å². The monoisotopic (exact) mass is 617 g/mol. The molecule has 2 N–H and O–H groups in total. The quantitative estimate of drug-likeness (QED) is 0.237. The van der Waals surface area contributed by atoms with Crippen molar-refractivity contribution in [2.45, 2.75) is 0 Å². The van der Waals surface area contributed by atoms with Gasteiger partial charge in [0.25, 0.3) is 5.91 Å². The molecule has 0 aromatic heterocycles. The molecular formula is C10H11I3N3O2P. The maximum Gasteiger partial charge on any atom is 0.308 e. The molecule has 1 fully saturated rings. The van der Waals surface area contributed by atoms with Crippen LogP contribution < -0.4 is 10.2 Å². The average Bonchev–Trinajstić information content (AvgIpc) is 3.17. The van der Waals surface area contributed by atoms with Crippen molar-refractivity contribution in [3.8, 4) is 0 Å². The first-order valence-corrected chi connectivity index (χ1v) is 10.3. The Kier molecular flexibility index (Phi) is 5.55. The molecule has 19 heavy (non-hydrogen) atoms. The van der Waals surface area contributed by atoms with Crippen LogP contribution in [0.15, 0.2) is 12.1 Å². The minimum Gasteiger partial charge on any atom is -0.279 e. The SMILES string of the molecule is CNP(=O)(NC(=O)c1cc(I)cc(I)c1I)N1CC1. The Hall–Kier alpha value is 1.03. The lowest BCUT2D eigenvalue weighted by atomic mass is 10.2. The number of carbonyl (C=O) groups is 1. The Morgan fingerprint density at radius 1 is 1.32 bits per heavy atom. The second kappa shape index (κ2) is 6.42. The fourth-order valence-electron chi connectivity index (χ4n) is 1.51. The van der Waals surface area contributed by atoms with Crippen LogP contribution in [-0.2, 0) is 4.57 Å². The molecule has 104 valence electrons. The van der Waals surface area contributed by atoms with E-state index in [1.54, 1.807) is 11.7 Å². The van der Waals surface area contributed by atoms with Crippen LogP contribution in [0.2, 0.25) is 0 Å². The van der Waals surface area contributed by atoms with Crippen molar-refractivity contribution in [3.63, 3.8) is 0 Å². The van der Waals surface area contributed by atoms with Gasteiger partial charge in [0.05, 0.1) is 5.56 Å². The van der Waals surface area contributed by atoms with Gasteiger partial charge in [-0.2, -0.15) is 0 Å². The summed E-state index contributed by atoms with van der Waals surface area (Å²) in [5.41, 5.74) is 0.564. The molecule has 1 saturated heterocycles. The van der Waals surface area contributed by atoms with Gasteiger partial charge in [0, 0.05) is 23.8 Å². The molecule has 0 aliphatic carbocycles. The first kappa shape index (κ1) is 16.4. The third-order valence-electron chi connectivity index (χ3n) is 2.62. The van der Waals surface area contributed by atoms with Crippen LogP contribution in [0.5, 0.6) is 0 Å². The summed E-state index contributed by atoms with van der Waals surface area (Å²) in [7, 11) is -1.36. The molecule has 9 heteroatoms. The lowest BCUT2D eigenvalue weighted by Gasteiger charge is -2.19. The zero-order chi connectivity index (χ0) is 14.2. The van der Waals surface area contributed by atoms with E-state index in [0.29, 0.717) is 5.56 Å². The second-order valence-corrected chi connectivity index (χ2v) is 9.82. The van der Waals surface area contributed by atoms with Crippen LogP contribution in [-0.4, -0.2) is 30.7 Å². The van der Waals surface area contributed by atoms with Crippen molar-refractivity contribution < 1.29 is 9.36 Å². The summed E-state index contributed by atoms with van der Waals surface area (Å²) in [6.07, 6.45) is 0. The number of nitrogens with zero attached hydrogens (tertiary/aromatic N) is 1. The van der Waals surface area contributed by atoms with Crippen molar-refractivity contribution >= 4 is 81.3 Å². The van der Waals surface area contributed by atoms with Crippen molar-refractivity contribution in [1.29, 1.82) is 0 Å². The zero-order valence-corrected chi connectivity index (χ0v) is 17.3. The molecule has 1 amide bonds. The van der Waals surface area contributed by atoms with E-state index in [4.69, 9.17) is 0 Å². The van der Waals surface area contributed by atoms with E-state index >= 15 is 0 Å². The van der Waals surface area contributed by atoms with Gasteiger partial charge in [0.15, 0.2) is 0 Å². The van der Waals surface area contributed by atoms with Gasteiger partial charge in [-0.15, -0.1) is 0 Å². The van der Waals surface area contributed by atoms with Crippen LogP contribution in [0.25, 0.3) is 0 Å². The number of hydrogen-bond donors (Lipinski definition) is 2. The fraction of sp³-hybridized carbons (Fsp3) is 0.300. The highest BCUT2D eigenvalue weighted by molar-refractivity contribution is 14.1. The minimum absolute atomic E-state index is 0.301. The summed E-state index contributed by atoms with van der Waals surface area (Å²) in [6.45, 7) is 1.50. The van der Waals surface area contributed by atoms with Crippen molar-refractivity contribution in [2.75, 3.05) is 20.1 Å². The number of rotatable bonds is 4. The fourth-order valence-corrected chi connectivity index (χ4v) is 5.50. The molecule has 1 heterocycles. The Labute approximate surface area is 152 Å². The largest absolute Gasteiger partial charge is 0.308 e. The zero-order valence-electron chi connectivity index (χ0n) is 9.91.